The molecule has 0 aromatic heterocycles. The minimum absolute atomic E-state index is 0.107. The molecule has 0 aliphatic heterocycles. The van der Waals surface area contributed by atoms with Gasteiger partial charge in [-0.15, -0.1) is 0 Å². The molecule has 4 aromatic rings. The van der Waals surface area contributed by atoms with Crippen LogP contribution >= 0.6 is 22.6 Å². The molecule has 0 atom stereocenters. The van der Waals surface area contributed by atoms with E-state index in [1.807, 2.05) is 67.6 Å². The number of Topliss-reactive ketones (excluding diaryl/α,β-unsaturated/α-hetero) is 2. The lowest BCUT2D eigenvalue weighted by atomic mass is 9.80. The standard InChI is InChI=1S/C15H14O.C8H7IO.C7H9BO2/c1-11-4-3-5-15(10-11)14-8-6-13(7-9-14)12(2)16;1-6(10)7-2-4-8(9)5-3-7;1-6-3-2-4-7(5-6)8(9)10/h3-10H,1-2H3;2-5H,1H3;2-5,9-10H,1H3. The van der Waals surface area contributed by atoms with Crippen molar-refractivity contribution >= 4 is 46.7 Å². The number of ketones is 2. The number of rotatable bonds is 4. The van der Waals surface area contributed by atoms with E-state index in [0.29, 0.717) is 5.46 Å². The van der Waals surface area contributed by atoms with Gasteiger partial charge in [0, 0.05) is 14.7 Å². The highest BCUT2D eigenvalue weighted by Gasteiger charge is 2.08. The minimum atomic E-state index is -1.35. The van der Waals surface area contributed by atoms with Gasteiger partial charge in [0.2, 0.25) is 0 Å². The largest absolute Gasteiger partial charge is 0.488 e. The quantitative estimate of drug-likeness (QED) is 0.173. The average Bonchev–Trinajstić information content (AvgIpc) is 2.85. The van der Waals surface area contributed by atoms with E-state index in [1.54, 1.807) is 32.0 Å². The summed E-state index contributed by atoms with van der Waals surface area (Å²) in [5, 5.41) is 17.4. The molecule has 4 aromatic carbocycles. The number of hydrogen-bond acceptors (Lipinski definition) is 4. The molecule has 0 saturated heterocycles. The highest BCUT2D eigenvalue weighted by molar-refractivity contribution is 14.1. The zero-order chi connectivity index (χ0) is 26.7. The van der Waals surface area contributed by atoms with E-state index in [2.05, 4.69) is 47.7 Å². The summed E-state index contributed by atoms with van der Waals surface area (Å²) in [5.41, 5.74) is 6.69. The highest BCUT2D eigenvalue weighted by Crippen LogP contribution is 2.20. The summed E-state index contributed by atoms with van der Waals surface area (Å²) < 4.78 is 1.16. The lowest BCUT2D eigenvalue weighted by molar-refractivity contribution is 0.100. The van der Waals surface area contributed by atoms with Crippen molar-refractivity contribution in [3.63, 3.8) is 0 Å². The van der Waals surface area contributed by atoms with E-state index >= 15 is 0 Å². The van der Waals surface area contributed by atoms with Crippen LogP contribution in [-0.4, -0.2) is 28.7 Å². The van der Waals surface area contributed by atoms with Crippen LogP contribution in [0.2, 0.25) is 0 Å². The summed E-state index contributed by atoms with van der Waals surface area (Å²) in [4.78, 5) is 21.9. The maximum Gasteiger partial charge on any atom is 0.488 e. The van der Waals surface area contributed by atoms with Crippen LogP contribution in [0.4, 0.5) is 0 Å². The van der Waals surface area contributed by atoms with E-state index in [1.165, 1.54) is 11.1 Å². The third-order valence-corrected chi connectivity index (χ3v) is 5.95. The molecular formula is C30H30BIO4. The van der Waals surface area contributed by atoms with Crippen LogP contribution < -0.4 is 5.46 Å². The van der Waals surface area contributed by atoms with Gasteiger partial charge in [-0.3, -0.25) is 9.59 Å². The smallest absolute Gasteiger partial charge is 0.423 e. The number of benzene rings is 4. The highest BCUT2D eigenvalue weighted by atomic mass is 127. The van der Waals surface area contributed by atoms with Crippen LogP contribution in [0.1, 0.15) is 45.7 Å². The first-order valence-electron chi connectivity index (χ1n) is 11.4. The van der Waals surface area contributed by atoms with Gasteiger partial charge in [0.15, 0.2) is 11.6 Å². The Labute approximate surface area is 227 Å². The molecule has 0 aliphatic rings. The fourth-order valence-electron chi connectivity index (χ4n) is 3.24. The molecule has 0 radical (unpaired) electrons. The van der Waals surface area contributed by atoms with Gasteiger partial charge in [-0.1, -0.05) is 96.1 Å². The molecule has 4 nitrogen and oxygen atoms in total. The van der Waals surface area contributed by atoms with E-state index in [-0.39, 0.29) is 11.6 Å². The molecular weight excluding hydrogens is 562 g/mol. The Morgan fingerprint density at radius 1 is 0.639 bits per heavy atom. The number of carbonyl (C=O) groups excluding carboxylic acids is 2. The monoisotopic (exact) mass is 592 g/mol. The van der Waals surface area contributed by atoms with Crippen molar-refractivity contribution in [3.05, 3.63) is 123 Å². The second kappa shape index (κ2) is 14.5. The molecule has 0 bridgehead atoms. The van der Waals surface area contributed by atoms with Crippen molar-refractivity contribution in [2.24, 2.45) is 0 Å². The third kappa shape index (κ3) is 9.89. The molecule has 184 valence electrons. The second-order valence-corrected chi connectivity index (χ2v) is 9.60. The van der Waals surface area contributed by atoms with Crippen molar-refractivity contribution in [1.82, 2.24) is 0 Å². The molecule has 4 rings (SSSR count). The first-order valence-corrected chi connectivity index (χ1v) is 12.5. The molecule has 0 unspecified atom stereocenters. The zero-order valence-corrected chi connectivity index (χ0v) is 23.1. The summed E-state index contributed by atoms with van der Waals surface area (Å²) in [6.45, 7) is 7.14. The van der Waals surface area contributed by atoms with Crippen LogP contribution in [0.3, 0.4) is 0 Å². The lowest BCUT2D eigenvalue weighted by Gasteiger charge is -2.03. The Kier molecular flexibility index (Phi) is 11.7. The molecule has 0 amide bonds. The molecule has 0 saturated carbocycles. The minimum Gasteiger partial charge on any atom is -0.423 e. The topological polar surface area (TPSA) is 74.6 Å². The van der Waals surface area contributed by atoms with Crippen molar-refractivity contribution in [2.75, 3.05) is 0 Å². The predicted molar refractivity (Wildman–Crippen MR) is 157 cm³/mol. The average molecular weight is 592 g/mol. The Hall–Kier alpha value is -3.07. The van der Waals surface area contributed by atoms with Crippen LogP contribution in [-0.2, 0) is 0 Å². The Bertz CT molecular complexity index is 1280. The Balaban J connectivity index is 0.000000200. The van der Waals surface area contributed by atoms with Crippen LogP contribution in [0.15, 0.2) is 97.1 Å². The van der Waals surface area contributed by atoms with Crippen molar-refractivity contribution in [3.8, 4) is 11.1 Å². The first-order chi connectivity index (χ1) is 17.1. The van der Waals surface area contributed by atoms with Gasteiger partial charge in [0.25, 0.3) is 0 Å². The van der Waals surface area contributed by atoms with Crippen molar-refractivity contribution in [1.29, 1.82) is 0 Å². The Morgan fingerprint density at radius 3 is 1.53 bits per heavy atom. The summed E-state index contributed by atoms with van der Waals surface area (Å²) in [6.07, 6.45) is 0. The zero-order valence-electron chi connectivity index (χ0n) is 20.9. The Morgan fingerprint density at radius 2 is 1.11 bits per heavy atom. The summed E-state index contributed by atoms with van der Waals surface area (Å²) in [7, 11) is -1.35. The molecule has 0 spiro atoms. The summed E-state index contributed by atoms with van der Waals surface area (Å²) in [5.74, 6) is 0.229. The molecule has 0 fully saturated rings. The van der Waals surface area contributed by atoms with E-state index < -0.39 is 7.12 Å². The lowest BCUT2D eigenvalue weighted by Crippen LogP contribution is -2.29. The number of halogens is 1. The van der Waals surface area contributed by atoms with E-state index in [0.717, 1.165) is 25.8 Å². The number of carbonyl (C=O) groups is 2. The second-order valence-electron chi connectivity index (χ2n) is 8.35. The third-order valence-electron chi connectivity index (χ3n) is 5.23. The van der Waals surface area contributed by atoms with Gasteiger partial charge in [0.1, 0.15) is 0 Å². The fourth-order valence-corrected chi connectivity index (χ4v) is 3.60. The van der Waals surface area contributed by atoms with Gasteiger partial charge in [-0.25, -0.2) is 0 Å². The molecule has 36 heavy (non-hydrogen) atoms. The maximum atomic E-state index is 11.1. The summed E-state index contributed by atoms with van der Waals surface area (Å²) >= 11 is 2.21. The van der Waals surface area contributed by atoms with Gasteiger partial charge < -0.3 is 10.0 Å². The fraction of sp³-hybridized carbons (Fsp3) is 0.133. The van der Waals surface area contributed by atoms with E-state index in [9.17, 15) is 9.59 Å². The molecule has 0 aliphatic carbocycles. The van der Waals surface area contributed by atoms with Crippen molar-refractivity contribution in [2.45, 2.75) is 27.7 Å². The van der Waals surface area contributed by atoms with Gasteiger partial charge in [-0.2, -0.15) is 0 Å². The molecule has 0 heterocycles. The van der Waals surface area contributed by atoms with Crippen LogP contribution in [0.5, 0.6) is 0 Å². The van der Waals surface area contributed by atoms with Crippen LogP contribution in [0.25, 0.3) is 11.1 Å². The predicted octanol–water partition coefficient (Wildman–Crippen LogP) is 6.03. The van der Waals surface area contributed by atoms with Gasteiger partial charge in [-0.05, 0) is 79.0 Å². The first kappa shape index (κ1) is 29.2. The maximum absolute atomic E-state index is 11.1. The SMILES string of the molecule is CC(=O)c1ccc(-c2cccc(C)c2)cc1.CC(=O)c1ccc(I)cc1.Cc1cccc(B(O)O)c1. The van der Waals surface area contributed by atoms with Crippen molar-refractivity contribution < 1.29 is 19.6 Å². The van der Waals surface area contributed by atoms with Gasteiger partial charge in [0.05, 0.1) is 0 Å². The van der Waals surface area contributed by atoms with Gasteiger partial charge >= 0.3 is 7.12 Å². The number of aryl methyl sites for hydroxylation is 2. The number of hydrogen-bond donors (Lipinski definition) is 2. The summed E-state index contributed by atoms with van der Waals surface area (Å²) in [6, 6.07) is 30.7. The molecule has 6 heteroatoms. The molecule has 2 N–H and O–H groups in total. The van der Waals surface area contributed by atoms with Crippen LogP contribution in [0, 0.1) is 17.4 Å². The van der Waals surface area contributed by atoms with E-state index in [4.69, 9.17) is 10.0 Å². The normalized spacial score (nSPS) is 9.75.